The number of amides is 1. The molecule has 3 heteroatoms. The van der Waals surface area contributed by atoms with Gasteiger partial charge in [-0.25, -0.2) is 0 Å². The molecule has 1 fully saturated rings. The lowest BCUT2D eigenvalue weighted by atomic mass is 9.81. The van der Waals surface area contributed by atoms with Crippen LogP contribution in [0.15, 0.2) is 0 Å². The maximum Gasteiger partial charge on any atom is 0.224 e. The highest BCUT2D eigenvalue weighted by atomic mass is 16.2. The Hall–Kier alpha value is -0.570. The van der Waals surface area contributed by atoms with Crippen LogP contribution in [0.1, 0.15) is 26.7 Å². The number of piperidine rings is 1. The van der Waals surface area contributed by atoms with Crippen LogP contribution in [0.2, 0.25) is 0 Å². The molecule has 3 atom stereocenters. The van der Waals surface area contributed by atoms with Crippen molar-refractivity contribution in [3.05, 3.63) is 0 Å². The molecule has 1 aliphatic heterocycles. The Morgan fingerprint density at radius 2 is 2.33 bits per heavy atom. The molecule has 1 heterocycles. The average Bonchev–Trinajstić information content (AvgIpc) is 2.03. The number of carbonyl (C=O) groups is 1. The molecule has 1 saturated heterocycles. The van der Waals surface area contributed by atoms with E-state index in [0.717, 1.165) is 12.8 Å². The largest absolute Gasteiger partial charge is 0.353 e. The summed E-state index contributed by atoms with van der Waals surface area (Å²) in [6.45, 7) is 4.66. The summed E-state index contributed by atoms with van der Waals surface area (Å²) in [6.07, 6.45) is 2.13. The molecule has 1 aliphatic rings. The number of hydrogen-bond acceptors (Lipinski definition) is 2. The molecule has 0 bridgehead atoms. The van der Waals surface area contributed by atoms with Gasteiger partial charge in [0, 0.05) is 12.6 Å². The third-order valence-electron chi connectivity index (χ3n) is 2.73. The molecule has 3 N–H and O–H groups in total. The van der Waals surface area contributed by atoms with E-state index in [9.17, 15) is 4.79 Å². The van der Waals surface area contributed by atoms with Gasteiger partial charge >= 0.3 is 0 Å². The van der Waals surface area contributed by atoms with E-state index in [1.807, 2.05) is 6.92 Å². The number of nitrogens with two attached hydrogens (primary N) is 1. The Bertz CT molecular complexity index is 170. The molecule has 0 aliphatic carbocycles. The Labute approximate surface area is 73.7 Å². The standard InChI is InChI=1S/C9H18N2O/c1-3-7-4-6(2)11-9(12)8(7)5-10/h6-8H,3-5,10H2,1-2H3,(H,11,12). The number of hydrogen-bond donors (Lipinski definition) is 2. The van der Waals surface area contributed by atoms with E-state index in [0.29, 0.717) is 18.5 Å². The van der Waals surface area contributed by atoms with Crippen LogP contribution >= 0.6 is 0 Å². The van der Waals surface area contributed by atoms with Crippen LogP contribution in [0.25, 0.3) is 0 Å². The van der Waals surface area contributed by atoms with Crippen molar-refractivity contribution in [1.82, 2.24) is 5.32 Å². The number of carbonyl (C=O) groups excluding carboxylic acids is 1. The van der Waals surface area contributed by atoms with Gasteiger partial charge in [0.2, 0.25) is 5.91 Å². The average molecular weight is 170 g/mol. The van der Waals surface area contributed by atoms with Crippen LogP contribution in [-0.2, 0) is 4.79 Å². The second-order valence-electron chi connectivity index (χ2n) is 3.66. The first kappa shape index (κ1) is 9.52. The highest BCUT2D eigenvalue weighted by Crippen LogP contribution is 2.25. The summed E-state index contributed by atoms with van der Waals surface area (Å²) in [5.41, 5.74) is 5.54. The van der Waals surface area contributed by atoms with E-state index >= 15 is 0 Å². The van der Waals surface area contributed by atoms with Crippen molar-refractivity contribution in [3.63, 3.8) is 0 Å². The van der Waals surface area contributed by atoms with E-state index in [1.54, 1.807) is 0 Å². The summed E-state index contributed by atoms with van der Waals surface area (Å²) in [5.74, 6) is 0.674. The molecule has 12 heavy (non-hydrogen) atoms. The Kier molecular flexibility index (Phi) is 3.09. The normalized spacial score (nSPS) is 36.2. The first-order valence-electron chi connectivity index (χ1n) is 4.69. The van der Waals surface area contributed by atoms with Crippen LogP contribution in [0.3, 0.4) is 0 Å². The quantitative estimate of drug-likeness (QED) is 0.634. The van der Waals surface area contributed by atoms with Crippen molar-refractivity contribution in [1.29, 1.82) is 0 Å². The molecule has 1 amide bonds. The SMILES string of the molecule is CCC1CC(C)NC(=O)C1CN. The predicted molar refractivity (Wildman–Crippen MR) is 48.5 cm³/mol. The third kappa shape index (κ3) is 1.78. The van der Waals surface area contributed by atoms with E-state index in [1.165, 1.54) is 0 Å². The van der Waals surface area contributed by atoms with Gasteiger partial charge in [0.25, 0.3) is 0 Å². The molecular weight excluding hydrogens is 152 g/mol. The van der Waals surface area contributed by atoms with Crippen LogP contribution in [0.4, 0.5) is 0 Å². The van der Waals surface area contributed by atoms with Gasteiger partial charge in [-0.3, -0.25) is 4.79 Å². The molecule has 0 aromatic rings. The molecule has 0 aromatic carbocycles. The minimum absolute atomic E-state index is 0.0474. The summed E-state index contributed by atoms with van der Waals surface area (Å²) in [4.78, 5) is 11.4. The zero-order valence-electron chi connectivity index (χ0n) is 7.84. The molecular formula is C9H18N2O. The van der Waals surface area contributed by atoms with E-state index in [4.69, 9.17) is 5.73 Å². The Morgan fingerprint density at radius 3 is 2.83 bits per heavy atom. The second-order valence-corrected chi connectivity index (χ2v) is 3.66. The van der Waals surface area contributed by atoms with Gasteiger partial charge in [-0.15, -0.1) is 0 Å². The van der Waals surface area contributed by atoms with Gasteiger partial charge in [-0.2, -0.15) is 0 Å². The lowest BCUT2D eigenvalue weighted by Gasteiger charge is -2.33. The third-order valence-corrected chi connectivity index (χ3v) is 2.73. The fourth-order valence-electron chi connectivity index (χ4n) is 1.99. The topological polar surface area (TPSA) is 55.1 Å². The zero-order valence-corrected chi connectivity index (χ0v) is 7.84. The van der Waals surface area contributed by atoms with Crippen LogP contribution < -0.4 is 11.1 Å². The maximum atomic E-state index is 11.4. The van der Waals surface area contributed by atoms with E-state index < -0.39 is 0 Å². The minimum atomic E-state index is 0.0474. The smallest absolute Gasteiger partial charge is 0.224 e. The monoisotopic (exact) mass is 170 g/mol. The van der Waals surface area contributed by atoms with E-state index in [2.05, 4.69) is 12.2 Å². The molecule has 0 saturated carbocycles. The zero-order chi connectivity index (χ0) is 9.14. The lowest BCUT2D eigenvalue weighted by Crippen LogP contribution is -2.49. The number of nitrogens with one attached hydrogen (secondary N) is 1. The molecule has 0 aromatic heterocycles. The second kappa shape index (κ2) is 3.90. The fraction of sp³-hybridized carbons (Fsp3) is 0.889. The van der Waals surface area contributed by atoms with Crippen molar-refractivity contribution >= 4 is 5.91 Å². The summed E-state index contributed by atoms with van der Waals surface area (Å²) >= 11 is 0. The van der Waals surface area contributed by atoms with Crippen LogP contribution in [-0.4, -0.2) is 18.5 Å². The summed E-state index contributed by atoms with van der Waals surface area (Å²) < 4.78 is 0. The summed E-state index contributed by atoms with van der Waals surface area (Å²) in [6, 6.07) is 0.324. The van der Waals surface area contributed by atoms with Crippen LogP contribution in [0, 0.1) is 11.8 Å². The van der Waals surface area contributed by atoms with Gasteiger partial charge in [-0.1, -0.05) is 13.3 Å². The summed E-state index contributed by atoms with van der Waals surface area (Å²) in [5, 5.41) is 2.93. The molecule has 0 spiro atoms. The first-order chi connectivity index (χ1) is 5.69. The molecule has 3 nitrogen and oxygen atoms in total. The van der Waals surface area contributed by atoms with E-state index in [-0.39, 0.29) is 11.8 Å². The lowest BCUT2D eigenvalue weighted by molar-refractivity contribution is -0.129. The van der Waals surface area contributed by atoms with Gasteiger partial charge in [-0.05, 0) is 19.3 Å². The fourth-order valence-corrected chi connectivity index (χ4v) is 1.99. The van der Waals surface area contributed by atoms with Crippen molar-refractivity contribution in [2.45, 2.75) is 32.7 Å². The molecule has 1 rings (SSSR count). The van der Waals surface area contributed by atoms with Gasteiger partial charge in [0.1, 0.15) is 0 Å². The predicted octanol–water partition coefficient (Wildman–Crippen LogP) is 0.496. The Balaban J connectivity index is 2.63. The van der Waals surface area contributed by atoms with Gasteiger partial charge in [0.05, 0.1) is 5.92 Å². The van der Waals surface area contributed by atoms with Gasteiger partial charge in [0.15, 0.2) is 0 Å². The van der Waals surface area contributed by atoms with Crippen LogP contribution in [0.5, 0.6) is 0 Å². The van der Waals surface area contributed by atoms with Crippen molar-refractivity contribution < 1.29 is 4.79 Å². The molecule has 70 valence electrons. The first-order valence-corrected chi connectivity index (χ1v) is 4.69. The summed E-state index contributed by atoms with van der Waals surface area (Å²) in [7, 11) is 0. The number of rotatable bonds is 2. The minimum Gasteiger partial charge on any atom is -0.353 e. The van der Waals surface area contributed by atoms with Crippen molar-refractivity contribution in [2.24, 2.45) is 17.6 Å². The van der Waals surface area contributed by atoms with Gasteiger partial charge < -0.3 is 11.1 Å². The highest BCUT2D eigenvalue weighted by molar-refractivity contribution is 5.80. The highest BCUT2D eigenvalue weighted by Gasteiger charge is 2.32. The molecule has 3 unspecified atom stereocenters. The van der Waals surface area contributed by atoms with Crippen molar-refractivity contribution in [3.8, 4) is 0 Å². The Morgan fingerprint density at radius 1 is 1.67 bits per heavy atom. The maximum absolute atomic E-state index is 11.4. The van der Waals surface area contributed by atoms with Crippen molar-refractivity contribution in [2.75, 3.05) is 6.54 Å². The molecule has 0 radical (unpaired) electrons.